The van der Waals surface area contributed by atoms with Gasteiger partial charge in [-0.2, -0.15) is 0 Å². The molecule has 0 heterocycles. The van der Waals surface area contributed by atoms with Crippen LogP contribution >= 0.6 is 0 Å². The molecule has 2 nitrogen and oxygen atoms in total. The van der Waals surface area contributed by atoms with Crippen LogP contribution in [-0.4, -0.2) is 17.9 Å². The van der Waals surface area contributed by atoms with Gasteiger partial charge in [-0.15, -0.1) is 0 Å². The third-order valence-electron chi connectivity index (χ3n) is 5.40. The topological polar surface area (TPSA) is 29.1 Å². The average Bonchev–Trinajstić information content (AvgIpc) is 3.10. The highest BCUT2D eigenvalue weighted by atomic mass is 16.1. The summed E-state index contributed by atoms with van der Waals surface area (Å²) in [6.45, 7) is 4.26. The number of carbonyl (C=O) groups excluding carboxylic acids is 1. The number of nitrogens with one attached hydrogen (secondary N) is 1. The van der Waals surface area contributed by atoms with Crippen molar-refractivity contribution >= 4 is 5.78 Å². The van der Waals surface area contributed by atoms with Crippen molar-refractivity contribution in [1.29, 1.82) is 0 Å². The van der Waals surface area contributed by atoms with Gasteiger partial charge in [-0.3, -0.25) is 4.79 Å². The molecule has 108 valence electrons. The number of benzene rings is 1. The molecule has 2 bridgehead atoms. The zero-order chi connectivity index (χ0) is 14.1. The van der Waals surface area contributed by atoms with Crippen molar-refractivity contribution in [2.75, 3.05) is 0 Å². The first-order chi connectivity index (χ1) is 9.65. The molecule has 0 radical (unpaired) electrons. The molecular formula is C18H25NO. The summed E-state index contributed by atoms with van der Waals surface area (Å²) in [5.41, 5.74) is 0.813. The Kier molecular flexibility index (Phi) is 3.93. The molecule has 2 saturated carbocycles. The summed E-state index contributed by atoms with van der Waals surface area (Å²) in [6, 6.07) is 9.98. The van der Waals surface area contributed by atoms with Gasteiger partial charge in [-0.25, -0.2) is 0 Å². The lowest BCUT2D eigenvalue weighted by molar-refractivity contribution is 0.0934. The van der Waals surface area contributed by atoms with Crippen molar-refractivity contribution in [3.63, 3.8) is 0 Å². The van der Waals surface area contributed by atoms with E-state index in [0.29, 0.717) is 6.04 Å². The average molecular weight is 271 g/mol. The van der Waals surface area contributed by atoms with Gasteiger partial charge in [0.25, 0.3) is 0 Å². The molecule has 5 unspecified atom stereocenters. The van der Waals surface area contributed by atoms with Crippen molar-refractivity contribution in [1.82, 2.24) is 5.32 Å². The second-order valence-corrected chi connectivity index (χ2v) is 6.75. The second-order valence-electron chi connectivity index (χ2n) is 6.75. The highest BCUT2D eigenvalue weighted by molar-refractivity contribution is 5.99. The molecule has 2 aliphatic rings. The molecule has 0 saturated heterocycles. The smallest absolute Gasteiger partial charge is 0.179 e. The third kappa shape index (κ3) is 2.67. The van der Waals surface area contributed by atoms with E-state index in [-0.39, 0.29) is 11.8 Å². The van der Waals surface area contributed by atoms with Gasteiger partial charge in [0.05, 0.1) is 6.04 Å². The van der Waals surface area contributed by atoms with E-state index in [1.54, 1.807) is 0 Å². The van der Waals surface area contributed by atoms with Crippen LogP contribution in [0.4, 0.5) is 0 Å². The minimum Gasteiger partial charge on any atom is -0.305 e. The lowest BCUT2D eigenvalue weighted by atomic mass is 9.83. The van der Waals surface area contributed by atoms with E-state index in [0.717, 1.165) is 23.3 Å². The van der Waals surface area contributed by atoms with E-state index < -0.39 is 0 Å². The molecule has 0 aromatic heterocycles. The van der Waals surface area contributed by atoms with Gasteiger partial charge in [0.1, 0.15) is 0 Å². The molecule has 20 heavy (non-hydrogen) atoms. The summed E-state index contributed by atoms with van der Waals surface area (Å²) in [6.07, 6.45) is 5.64. The van der Waals surface area contributed by atoms with Gasteiger partial charge in [0.2, 0.25) is 0 Å². The van der Waals surface area contributed by atoms with Crippen LogP contribution in [0, 0.1) is 17.8 Å². The fraction of sp³-hybridized carbons (Fsp3) is 0.611. The highest BCUT2D eigenvalue weighted by Gasteiger charge is 2.42. The minimum atomic E-state index is -0.0912. The van der Waals surface area contributed by atoms with Crippen LogP contribution in [0.3, 0.4) is 0 Å². The van der Waals surface area contributed by atoms with Crippen LogP contribution in [0.1, 0.15) is 49.9 Å². The number of hydrogen-bond donors (Lipinski definition) is 1. The van der Waals surface area contributed by atoms with Gasteiger partial charge in [-0.05, 0) is 50.9 Å². The number of ketones is 1. The molecule has 2 aliphatic carbocycles. The first kappa shape index (κ1) is 13.8. The molecular weight excluding hydrogens is 246 g/mol. The molecule has 5 atom stereocenters. The van der Waals surface area contributed by atoms with Crippen LogP contribution in [0.2, 0.25) is 0 Å². The summed E-state index contributed by atoms with van der Waals surface area (Å²) < 4.78 is 0. The number of rotatable bonds is 5. The zero-order valence-electron chi connectivity index (χ0n) is 12.5. The molecule has 1 N–H and O–H groups in total. The number of Topliss-reactive ketones (excluding diaryl/α,β-unsaturated/α-hetero) is 1. The Morgan fingerprint density at radius 3 is 2.50 bits per heavy atom. The van der Waals surface area contributed by atoms with Gasteiger partial charge in [-0.1, -0.05) is 36.8 Å². The Morgan fingerprint density at radius 1 is 1.15 bits per heavy atom. The van der Waals surface area contributed by atoms with Crippen molar-refractivity contribution in [3.05, 3.63) is 35.9 Å². The molecule has 0 amide bonds. The van der Waals surface area contributed by atoms with Gasteiger partial charge in [0.15, 0.2) is 5.78 Å². The molecule has 0 spiro atoms. The third-order valence-corrected chi connectivity index (χ3v) is 5.40. The maximum Gasteiger partial charge on any atom is 0.179 e. The normalized spacial score (nSPS) is 31.2. The van der Waals surface area contributed by atoms with Gasteiger partial charge < -0.3 is 5.32 Å². The fourth-order valence-corrected chi connectivity index (χ4v) is 4.35. The highest BCUT2D eigenvalue weighted by Crippen LogP contribution is 2.49. The zero-order valence-corrected chi connectivity index (χ0v) is 12.5. The van der Waals surface area contributed by atoms with E-state index in [1.807, 2.05) is 37.3 Å². The molecule has 1 aromatic rings. The van der Waals surface area contributed by atoms with Crippen LogP contribution in [0.15, 0.2) is 30.3 Å². The van der Waals surface area contributed by atoms with Crippen molar-refractivity contribution in [3.8, 4) is 0 Å². The van der Waals surface area contributed by atoms with Crippen molar-refractivity contribution in [2.24, 2.45) is 17.8 Å². The van der Waals surface area contributed by atoms with Crippen molar-refractivity contribution in [2.45, 2.75) is 51.6 Å². The van der Waals surface area contributed by atoms with E-state index in [9.17, 15) is 4.79 Å². The SMILES string of the molecule is CC(NC(C)C1CC2CCC1C2)C(=O)c1ccccc1. The van der Waals surface area contributed by atoms with Crippen LogP contribution < -0.4 is 5.32 Å². The summed E-state index contributed by atoms with van der Waals surface area (Å²) in [5.74, 6) is 2.86. The molecule has 1 aromatic carbocycles. The Morgan fingerprint density at radius 2 is 1.90 bits per heavy atom. The molecule has 3 rings (SSSR count). The predicted molar refractivity (Wildman–Crippen MR) is 81.8 cm³/mol. The van der Waals surface area contributed by atoms with E-state index >= 15 is 0 Å². The quantitative estimate of drug-likeness (QED) is 0.828. The maximum absolute atomic E-state index is 12.4. The van der Waals surface area contributed by atoms with Crippen LogP contribution in [-0.2, 0) is 0 Å². The Hall–Kier alpha value is -1.15. The van der Waals surface area contributed by atoms with Crippen LogP contribution in [0.5, 0.6) is 0 Å². The Balaban J connectivity index is 1.58. The van der Waals surface area contributed by atoms with E-state index in [2.05, 4.69) is 12.2 Å². The van der Waals surface area contributed by atoms with E-state index in [4.69, 9.17) is 0 Å². The van der Waals surface area contributed by atoms with Gasteiger partial charge >= 0.3 is 0 Å². The molecule has 2 heteroatoms. The Bertz CT molecular complexity index is 470. The summed E-state index contributed by atoms with van der Waals surface area (Å²) >= 11 is 0. The standard InChI is InChI=1S/C18H25NO/c1-12(17-11-14-8-9-16(17)10-14)19-13(2)18(20)15-6-4-3-5-7-15/h3-7,12-14,16-17,19H,8-11H2,1-2H3. The van der Waals surface area contributed by atoms with Gasteiger partial charge in [0, 0.05) is 11.6 Å². The number of carbonyl (C=O) groups is 1. The summed E-state index contributed by atoms with van der Waals surface area (Å²) in [5, 5.41) is 3.56. The summed E-state index contributed by atoms with van der Waals surface area (Å²) in [7, 11) is 0. The summed E-state index contributed by atoms with van der Waals surface area (Å²) in [4.78, 5) is 12.4. The van der Waals surface area contributed by atoms with E-state index in [1.165, 1.54) is 25.7 Å². The minimum absolute atomic E-state index is 0.0912. The lowest BCUT2D eigenvalue weighted by Crippen LogP contribution is -2.44. The Labute approximate surface area is 122 Å². The maximum atomic E-state index is 12.4. The fourth-order valence-electron chi connectivity index (χ4n) is 4.35. The monoisotopic (exact) mass is 271 g/mol. The predicted octanol–water partition coefficient (Wildman–Crippen LogP) is 3.67. The van der Waals surface area contributed by atoms with Crippen molar-refractivity contribution < 1.29 is 4.79 Å². The largest absolute Gasteiger partial charge is 0.305 e. The molecule has 0 aliphatic heterocycles. The second kappa shape index (κ2) is 5.69. The lowest BCUT2D eigenvalue weighted by Gasteiger charge is -2.30. The van der Waals surface area contributed by atoms with Crippen LogP contribution in [0.25, 0.3) is 0 Å². The first-order valence-electron chi connectivity index (χ1n) is 8.00. The molecule has 2 fully saturated rings. The first-order valence-corrected chi connectivity index (χ1v) is 8.00. The number of fused-ring (bicyclic) bond motifs is 2. The number of hydrogen-bond acceptors (Lipinski definition) is 2.